The van der Waals surface area contributed by atoms with E-state index in [1.165, 1.54) is 64.2 Å². The van der Waals surface area contributed by atoms with Crippen molar-refractivity contribution in [3.8, 4) is 0 Å². The molecule has 4 saturated carbocycles. The minimum absolute atomic E-state index is 0.0884. The Labute approximate surface area is 194 Å². The Morgan fingerprint density at radius 1 is 0.938 bits per heavy atom. The lowest BCUT2D eigenvalue weighted by Gasteiger charge is -2.38. The van der Waals surface area contributed by atoms with E-state index >= 15 is 0 Å². The molecule has 32 heavy (non-hydrogen) atoms. The molecule has 180 valence electrons. The van der Waals surface area contributed by atoms with Crippen molar-refractivity contribution >= 4 is 11.9 Å². The molecule has 0 aromatic rings. The number of carbonyl (C=O) groups is 2. The van der Waals surface area contributed by atoms with E-state index in [0.29, 0.717) is 34.3 Å². The van der Waals surface area contributed by atoms with E-state index in [9.17, 15) is 14.7 Å². The van der Waals surface area contributed by atoms with Crippen LogP contribution in [-0.4, -0.2) is 23.1 Å². The van der Waals surface area contributed by atoms with Crippen LogP contribution >= 0.6 is 0 Å². The molecule has 4 rings (SSSR count). The number of aliphatic carboxylic acids is 1. The highest BCUT2D eigenvalue weighted by molar-refractivity contribution is 5.87. The number of ether oxygens (including phenoxy) is 1. The van der Waals surface area contributed by atoms with Gasteiger partial charge in [0.05, 0.1) is 0 Å². The Morgan fingerprint density at radius 2 is 1.44 bits per heavy atom. The number of hydrogen-bond donors (Lipinski definition) is 1. The van der Waals surface area contributed by atoms with E-state index in [0.717, 1.165) is 6.42 Å². The van der Waals surface area contributed by atoms with Gasteiger partial charge >= 0.3 is 11.9 Å². The molecule has 0 amide bonds. The van der Waals surface area contributed by atoms with E-state index in [2.05, 4.69) is 33.9 Å². The maximum absolute atomic E-state index is 11.6. The fraction of sp³-hybridized carbons (Fsp3) is 0.786. The number of rotatable bonds is 6. The van der Waals surface area contributed by atoms with Gasteiger partial charge in [-0.2, -0.15) is 0 Å². The molecule has 4 heteroatoms. The molecule has 0 saturated heterocycles. The van der Waals surface area contributed by atoms with Crippen LogP contribution in [0.15, 0.2) is 24.3 Å². The van der Waals surface area contributed by atoms with Crippen LogP contribution in [0.2, 0.25) is 0 Å². The van der Waals surface area contributed by atoms with Crippen LogP contribution in [0.5, 0.6) is 0 Å². The quantitative estimate of drug-likeness (QED) is 0.356. The number of esters is 1. The van der Waals surface area contributed by atoms with Crippen molar-refractivity contribution in [1.82, 2.24) is 0 Å². The third kappa shape index (κ3) is 4.70. The van der Waals surface area contributed by atoms with Crippen LogP contribution in [-0.2, 0) is 14.3 Å². The lowest BCUT2D eigenvalue weighted by molar-refractivity contribution is -0.151. The standard InChI is InChI=1S/2C14H22O2/c1-9(2)12(15)16-11-8-10-6-7-14(11,5)13(10,3)4;1-10(14(15)16)13(11-6-2-3-7-11)12-8-4-5-9-12/h10-11H,1,6-8H2,2-5H3;11-13H,1-9H2,(H,15,16). The van der Waals surface area contributed by atoms with Crippen LogP contribution < -0.4 is 0 Å². The third-order valence-corrected chi connectivity index (χ3v) is 9.80. The molecule has 1 N–H and O–H groups in total. The number of hydrogen-bond acceptors (Lipinski definition) is 3. The van der Waals surface area contributed by atoms with Crippen molar-refractivity contribution in [3.05, 3.63) is 24.3 Å². The van der Waals surface area contributed by atoms with Crippen molar-refractivity contribution < 1.29 is 19.4 Å². The van der Waals surface area contributed by atoms with E-state index in [1.54, 1.807) is 6.92 Å². The highest BCUT2D eigenvalue weighted by atomic mass is 16.5. The smallest absolute Gasteiger partial charge is 0.333 e. The molecule has 0 spiro atoms. The summed E-state index contributed by atoms with van der Waals surface area (Å²) in [4.78, 5) is 22.8. The lowest BCUT2D eigenvalue weighted by Crippen LogP contribution is -2.38. The summed E-state index contributed by atoms with van der Waals surface area (Å²) in [6.07, 6.45) is 13.6. The molecular weight excluding hydrogens is 400 g/mol. The van der Waals surface area contributed by atoms with Gasteiger partial charge in [-0.15, -0.1) is 0 Å². The summed E-state index contributed by atoms with van der Waals surface area (Å²) in [5.41, 5.74) is 1.44. The highest BCUT2D eigenvalue weighted by Gasteiger charge is 2.62. The maximum atomic E-state index is 11.6. The summed E-state index contributed by atoms with van der Waals surface area (Å²) in [7, 11) is 0. The highest BCUT2D eigenvalue weighted by Crippen LogP contribution is 2.66. The summed E-state index contributed by atoms with van der Waals surface area (Å²) in [5.74, 6) is 1.18. The number of carboxylic acids is 1. The van der Waals surface area contributed by atoms with Gasteiger partial charge < -0.3 is 9.84 Å². The van der Waals surface area contributed by atoms with Gasteiger partial charge in [0.25, 0.3) is 0 Å². The fourth-order valence-corrected chi connectivity index (χ4v) is 7.27. The summed E-state index contributed by atoms with van der Waals surface area (Å²) >= 11 is 0. The predicted molar refractivity (Wildman–Crippen MR) is 128 cm³/mol. The molecule has 0 aliphatic heterocycles. The second-order valence-corrected chi connectivity index (χ2v) is 11.7. The van der Waals surface area contributed by atoms with Crippen LogP contribution in [0.4, 0.5) is 0 Å². The Hall–Kier alpha value is -1.58. The number of carboxylic acid groups (broad SMARTS) is 1. The topological polar surface area (TPSA) is 63.6 Å². The molecule has 0 heterocycles. The first-order chi connectivity index (χ1) is 15.0. The minimum atomic E-state index is -0.774. The molecular formula is C28H44O4. The zero-order valence-corrected chi connectivity index (χ0v) is 20.8. The van der Waals surface area contributed by atoms with Gasteiger partial charge in [0.2, 0.25) is 0 Å². The summed E-state index contributed by atoms with van der Waals surface area (Å²) in [6.45, 7) is 16.1. The second kappa shape index (κ2) is 9.73. The molecule has 0 aromatic heterocycles. The predicted octanol–water partition coefficient (Wildman–Crippen LogP) is 6.94. The first-order valence-electron chi connectivity index (χ1n) is 12.8. The van der Waals surface area contributed by atoms with E-state index in [1.807, 2.05) is 0 Å². The van der Waals surface area contributed by atoms with Crippen molar-refractivity contribution in [2.75, 3.05) is 0 Å². The summed E-state index contributed by atoms with van der Waals surface area (Å²) < 4.78 is 5.61. The molecule has 3 unspecified atom stereocenters. The minimum Gasteiger partial charge on any atom is -0.478 e. The number of fused-ring (bicyclic) bond motifs is 2. The molecule has 3 atom stereocenters. The first-order valence-corrected chi connectivity index (χ1v) is 12.8. The van der Waals surface area contributed by atoms with Crippen LogP contribution in [0.25, 0.3) is 0 Å². The first kappa shape index (κ1) is 25.1. The summed E-state index contributed by atoms with van der Waals surface area (Å²) in [6, 6.07) is 0. The lowest BCUT2D eigenvalue weighted by atomic mass is 9.70. The van der Waals surface area contributed by atoms with Gasteiger partial charge in [0.15, 0.2) is 0 Å². The van der Waals surface area contributed by atoms with Crippen molar-refractivity contribution in [1.29, 1.82) is 0 Å². The Bertz CT molecular complexity index is 723. The third-order valence-electron chi connectivity index (χ3n) is 9.80. The average Bonchev–Trinajstić information content (AvgIpc) is 3.50. The molecule has 0 aromatic carbocycles. The molecule has 4 nitrogen and oxygen atoms in total. The molecule has 4 fully saturated rings. The SMILES string of the molecule is C=C(C(=O)O)C(C1CCCC1)C1CCCC1.C=C(C)C(=O)OC1CC2CCC1(C)C2(C)C. The van der Waals surface area contributed by atoms with E-state index in [-0.39, 0.29) is 23.4 Å². The molecule has 0 radical (unpaired) electrons. The molecule has 4 aliphatic carbocycles. The van der Waals surface area contributed by atoms with Crippen molar-refractivity contribution in [2.45, 2.75) is 104 Å². The zero-order chi connectivity index (χ0) is 23.7. The van der Waals surface area contributed by atoms with Crippen molar-refractivity contribution in [2.24, 2.45) is 34.5 Å². The molecule has 2 bridgehead atoms. The largest absolute Gasteiger partial charge is 0.478 e. The van der Waals surface area contributed by atoms with Gasteiger partial charge in [-0.1, -0.05) is 59.6 Å². The van der Waals surface area contributed by atoms with Crippen LogP contribution in [0.3, 0.4) is 0 Å². The Kier molecular flexibility index (Phi) is 7.62. The van der Waals surface area contributed by atoms with Gasteiger partial charge in [0.1, 0.15) is 6.10 Å². The van der Waals surface area contributed by atoms with Crippen LogP contribution in [0, 0.1) is 34.5 Å². The zero-order valence-electron chi connectivity index (χ0n) is 20.8. The Morgan fingerprint density at radius 3 is 1.78 bits per heavy atom. The van der Waals surface area contributed by atoms with Gasteiger partial charge in [0, 0.05) is 16.6 Å². The molecule has 4 aliphatic rings. The normalized spacial score (nSPS) is 31.4. The van der Waals surface area contributed by atoms with Gasteiger partial charge in [-0.05, 0) is 81.0 Å². The number of carbonyl (C=O) groups excluding carboxylic acids is 1. The van der Waals surface area contributed by atoms with E-state index < -0.39 is 5.97 Å². The Balaban J connectivity index is 0.000000181. The van der Waals surface area contributed by atoms with Gasteiger partial charge in [-0.25, -0.2) is 9.59 Å². The van der Waals surface area contributed by atoms with Crippen molar-refractivity contribution in [3.63, 3.8) is 0 Å². The monoisotopic (exact) mass is 444 g/mol. The van der Waals surface area contributed by atoms with Crippen LogP contribution in [0.1, 0.15) is 98.3 Å². The summed E-state index contributed by atoms with van der Waals surface area (Å²) in [5, 5.41) is 9.17. The van der Waals surface area contributed by atoms with Gasteiger partial charge in [-0.3, -0.25) is 0 Å². The second-order valence-electron chi connectivity index (χ2n) is 11.7. The average molecular weight is 445 g/mol. The fourth-order valence-electron chi connectivity index (χ4n) is 7.27. The van der Waals surface area contributed by atoms with E-state index in [4.69, 9.17) is 4.74 Å². The maximum Gasteiger partial charge on any atom is 0.333 e.